The predicted molar refractivity (Wildman–Crippen MR) is 108 cm³/mol. The quantitative estimate of drug-likeness (QED) is 0.237. The molecular formula is C22H40PPd-. The first-order chi connectivity index (χ1) is 11.2. The molecule has 0 bridgehead atoms. The molecule has 0 spiro atoms. The van der Waals surface area contributed by atoms with Crippen LogP contribution in [0.1, 0.15) is 103 Å². The van der Waals surface area contributed by atoms with Crippen molar-refractivity contribution in [1.82, 2.24) is 0 Å². The van der Waals surface area contributed by atoms with Gasteiger partial charge < -0.3 is 0 Å². The average molecular weight is 442 g/mol. The third kappa shape index (κ3) is 7.94. The molecule has 0 aliphatic heterocycles. The van der Waals surface area contributed by atoms with Gasteiger partial charge in [-0.25, -0.2) is 19.1 Å². The van der Waals surface area contributed by atoms with Crippen LogP contribution in [-0.2, 0) is 20.4 Å². The average Bonchev–Trinajstić information content (AvgIpc) is 2.58. The minimum absolute atomic E-state index is 0. The molecule has 3 fully saturated rings. The van der Waals surface area contributed by atoms with E-state index in [0.29, 0.717) is 7.92 Å². The summed E-state index contributed by atoms with van der Waals surface area (Å²) in [6, 6.07) is 0. The van der Waals surface area contributed by atoms with E-state index in [2.05, 4.69) is 13.5 Å². The molecule has 3 rings (SSSR count). The molecule has 0 aromatic rings. The number of rotatable bonds is 3. The van der Waals surface area contributed by atoms with Crippen LogP contribution >= 0.6 is 7.92 Å². The van der Waals surface area contributed by atoms with Crippen LogP contribution in [0.5, 0.6) is 0 Å². The van der Waals surface area contributed by atoms with Gasteiger partial charge >= 0.3 is 0 Å². The van der Waals surface area contributed by atoms with Gasteiger partial charge in [0.05, 0.1) is 0 Å². The molecule has 144 valence electrons. The van der Waals surface area contributed by atoms with Crippen LogP contribution in [0.15, 0.2) is 12.2 Å². The molecule has 0 atom stereocenters. The molecule has 0 amide bonds. The van der Waals surface area contributed by atoms with Crippen molar-refractivity contribution in [2.24, 2.45) is 0 Å². The van der Waals surface area contributed by atoms with E-state index in [1.54, 1.807) is 77.0 Å². The van der Waals surface area contributed by atoms with E-state index in [4.69, 9.17) is 0 Å². The van der Waals surface area contributed by atoms with Crippen LogP contribution in [0.2, 0.25) is 0 Å². The summed E-state index contributed by atoms with van der Waals surface area (Å²) in [5.41, 5.74) is 4.49. The van der Waals surface area contributed by atoms with Crippen LogP contribution in [0.25, 0.3) is 0 Å². The summed E-state index contributed by atoms with van der Waals surface area (Å²) >= 11 is 0. The minimum atomic E-state index is 0. The largest absolute Gasteiger partial charge is 0.242 e. The first kappa shape index (κ1) is 22.7. The van der Waals surface area contributed by atoms with Crippen LogP contribution in [0.4, 0.5) is 0 Å². The Hall–Kier alpha value is 0.702. The molecule has 0 saturated heterocycles. The second kappa shape index (κ2) is 13.0. The van der Waals surface area contributed by atoms with Crippen molar-refractivity contribution in [3.8, 4) is 0 Å². The second-order valence-corrected chi connectivity index (χ2v) is 11.4. The van der Waals surface area contributed by atoms with E-state index < -0.39 is 0 Å². The minimum Gasteiger partial charge on any atom is -0.242 e. The Kier molecular flexibility index (Phi) is 12.3. The van der Waals surface area contributed by atoms with Crippen molar-refractivity contribution in [1.29, 1.82) is 0 Å². The van der Waals surface area contributed by atoms with E-state index in [1.165, 1.54) is 36.2 Å². The van der Waals surface area contributed by atoms with E-state index in [9.17, 15) is 0 Å². The Labute approximate surface area is 167 Å². The maximum atomic E-state index is 3.44. The molecule has 3 saturated carbocycles. The van der Waals surface area contributed by atoms with Gasteiger partial charge in [-0.15, -0.1) is 0 Å². The molecule has 0 aromatic carbocycles. The Bertz CT molecular complexity index is 276. The Morgan fingerprint density at radius 1 is 0.667 bits per heavy atom. The molecule has 3 aliphatic rings. The first-order valence-corrected chi connectivity index (χ1v) is 12.0. The van der Waals surface area contributed by atoms with E-state index >= 15 is 0 Å². The molecule has 24 heavy (non-hydrogen) atoms. The van der Waals surface area contributed by atoms with Gasteiger partial charge in [0, 0.05) is 20.4 Å². The van der Waals surface area contributed by atoms with E-state index in [0.717, 1.165) is 5.57 Å². The molecular weight excluding hydrogens is 402 g/mol. The zero-order chi connectivity index (χ0) is 16.5. The van der Waals surface area contributed by atoms with Gasteiger partial charge in [0.25, 0.3) is 0 Å². The standard InChI is InChI=1S/C18H33P.C4H7.Pd/c1-4-10-16(11-5-1)19(17-12-6-2-7-13-17)18-14-8-3-9-15-18;1-4(2)3;/h16-18H,1-15H2;1-2H2,3H3;/q;-1;. The van der Waals surface area contributed by atoms with E-state index in [1.807, 2.05) is 6.92 Å². The van der Waals surface area contributed by atoms with Crippen LogP contribution < -0.4 is 0 Å². The van der Waals surface area contributed by atoms with Gasteiger partial charge in [0.1, 0.15) is 0 Å². The maximum Gasteiger partial charge on any atom is 0 e. The van der Waals surface area contributed by atoms with Gasteiger partial charge in [-0.1, -0.05) is 72.6 Å². The van der Waals surface area contributed by atoms with Crippen molar-refractivity contribution in [3.05, 3.63) is 19.1 Å². The fourth-order valence-electron chi connectivity index (χ4n) is 5.03. The van der Waals surface area contributed by atoms with Crippen molar-refractivity contribution >= 4 is 7.92 Å². The van der Waals surface area contributed by atoms with Crippen molar-refractivity contribution in [2.45, 2.75) is 120 Å². The Morgan fingerprint density at radius 2 is 0.875 bits per heavy atom. The zero-order valence-corrected chi connectivity index (χ0v) is 18.5. The smallest absolute Gasteiger partial charge is 0 e. The third-order valence-corrected chi connectivity index (χ3v) is 10.1. The summed E-state index contributed by atoms with van der Waals surface area (Å²) in [5, 5.41) is 0. The predicted octanol–water partition coefficient (Wildman–Crippen LogP) is 7.86. The second-order valence-electron chi connectivity index (χ2n) is 8.28. The topological polar surface area (TPSA) is 0 Å². The fourth-order valence-corrected chi connectivity index (χ4v) is 9.71. The zero-order valence-electron chi connectivity index (χ0n) is 16.0. The summed E-state index contributed by atoms with van der Waals surface area (Å²) in [4.78, 5) is 0. The number of allylic oxidation sites excluding steroid dienone is 1. The van der Waals surface area contributed by atoms with Crippen LogP contribution in [0, 0.1) is 6.92 Å². The number of hydrogen-bond donors (Lipinski definition) is 0. The molecule has 3 aliphatic carbocycles. The monoisotopic (exact) mass is 441 g/mol. The van der Waals surface area contributed by atoms with Gasteiger partial charge in [0.15, 0.2) is 0 Å². The maximum absolute atomic E-state index is 3.44. The van der Waals surface area contributed by atoms with Crippen molar-refractivity contribution in [3.63, 3.8) is 0 Å². The first-order valence-electron chi connectivity index (χ1n) is 10.4. The Balaban J connectivity index is 0.000000522. The molecule has 0 heterocycles. The SMILES string of the molecule is C1CCC(P(C2CCCCC2)C2CCCCC2)CC1.C=C([CH2-])C.[Pd]. The fraction of sp³-hybridized carbons (Fsp3) is 0.864. The molecule has 0 N–H and O–H groups in total. The van der Waals surface area contributed by atoms with Crippen LogP contribution in [-0.4, -0.2) is 17.0 Å². The van der Waals surface area contributed by atoms with Crippen LogP contribution in [0.3, 0.4) is 0 Å². The summed E-state index contributed by atoms with van der Waals surface area (Å²) in [6.45, 7) is 8.75. The molecule has 0 radical (unpaired) electrons. The molecule has 0 aromatic heterocycles. The van der Waals surface area contributed by atoms with Gasteiger partial charge in [0.2, 0.25) is 0 Å². The summed E-state index contributed by atoms with van der Waals surface area (Å²) < 4.78 is 0. The number of hydrogen-bond acceptors (Lipinski definition) is 0. The van der Waals surface area contributed by atoms with Gasteiger partial charge in [-0.3, -0.25) is 0 Å². The summed E-state index contributed by atoms with van der Waals surface area (Å²) in [7, 11) is 0.385. The molecule has 0 unspecified atom stereocenters. The van der Waals surface area contributed by atoms with Crippen molar-refractivity contribution in [2.75, 3.05) is 0 Å². The van der Waals surface area contributed by atoms with E-state index in [-0.39, 0.29) is 20.4 Å². The third-order valence-electron chi connectivity index (χ3n) is 5.99. The summed E-state index contributed by atoms with van der Waals surface area (Å²) in [6.07, 6.45) is 23.6. The van der Waals surface area contributed by atoms with Gasteiger partial charge in [-0.05, 0) is 55.5 Å². The summed E-state index contributed by atoms with van der Waals surface area (Å²) in [5.74, 6) is 0. The van der Waals surface area contributed by atoms with Gasteiger partial charge in [-0.2, -0.15) is 0 Å². The Morgan fingerprint density at radius 3 is 1.08 bits per heavy atom. The normalized spacial score (nSPS) is 23.9. The van der Waals surface area contributed by atoms with Crippen molar-refractivity contribution < 1.29 is 20.4 Å². The molecule has 2 heteroatoms. The molecule has 0 nitrogen and oxygen atoms in total.